The summed E-state index contributed by atoms with van der Waals surface area (Å²) in [6, 6.07) is 4.41. The Hall–Kier alpha value is -0.940. The first-order valence-corrected chi connectivity index (χ1v) is 6.26. The monoisotopic (exact) mass is 301 g/mol. The van der Waals surface area contributed by atoms with Crippen LogP contribution in [0, 0.1) is 11.7 Å². The Morgan fingerprint density at radius 3 is 2.94 bits per heavy atom. The molecule has 1 fully saturated rings. The lowest BCUT2D eigenvalue weighted by molar-refractivity contribution is 0.0777. The average Bonchev–Trinajstić information content (AvgIpc) is 2.76. The van der Waals surface area contributed by atoms with E-state index in [9.17, 15) is 9.18 Å². The van der Waals surface area contributed by atoms with Gasteiger partial charge < -0.3 is 10.0 Å². The molecule has 1 atom stereocenters. The highest BCUT2D eigenvalue weighted by atomic mass is 79.9. The number of hydrogen-bond donors (Lipinski definition) is 1. The van der Waals surface area contributed by atoms with Crippen LogP contribution in [0.3, 0.4) is 0 Å². The predicted octanol–water partition coefficient (Wildman–Crippen LogP) is 2.04. The van der Waals surface area contributed by atoms with Gasteiger partial charge in [-0.1, -0.05) is 15.9 Å². The second-order valence-electron chi connectivity index (χ2n) is 4.21. The zero-order valence-electron chi connectivity index (χ0n) is 9.20. The molecule has 2 rings (SSSR count). The van der Waals surface area contributed by atoms with Crippen LogP contribution in [0.5, 0.6) is 0 Å². The summed E-state index contributed by atoms with van der Waals surface area (Å²) in [4.78, 5) is 13.6. The predicted molar refractivity (Wildman–Crippen MR) is 65.2 cm³/mol. The van der Waals surface area contributed by atoms with Gasteiger partial charge in [-0.2, -0.15) is 0 Å². The molecule has 1 aliphatic rings. The fourth-order valence-corrected chi connectivity index (χ4v) is 2.33. The Balaban J connectivity index is 2.15. The maximum Gasteiger partial charge on any atom is 0.256 e. The normalized spacial score (nSPS) is 19.7. The summed E-state index contributed by atoms with van der Waals surface area (Å²) >= 11 is 3.15. The van der Waals surface area contributed by atoms with Crippen molar-refractivity contribution in [2.45, 2.75) is 6.42 Å². The van der Waals surface area contributed by atoms with E-state index in [1.807, 2.05) is 0 Å². The standard InChI is InChI=1S/C12H13BrFNO2/c13-9-1-2-10(11(14)5-9)12(17)15-4-3-8(6-15)7-16/h1-2,5,8,16H,3-4,6-7H2. The first-order chi connectivity index (χ1) is 8.11. The Labute approximate surface area is 107 Å². The zero-order valence-corrected chi connectivity index (χ0v) is 10.8. The molecule has 1 unspecified atom stereocenters. The Kier molecular flexibility index (Phi) is 3.79. The van der Waals surface area contributed by atoms with E-state index in [1.54, 1.807) is 11.0 Å². The summed E-state index contributed by atoms with van der Waals surface area (Å²) in [6.07, 6.45) is 0.778. The minimum absolute atomic E-state index is 0.0760. The van der Waals surface area contributed by atoms with E-state index in [-0.39, 0.29) is 24.0 Å². The van der Waals surface area contributed by atoms with Crippen molar-refractivity contribution >= 4 is 21.8 Å². The summed E-state index contributed by atoms with van der Waals surface area (Å²) < 4.78 is 14.2. The van der Waals surface area contributed by atoms with Gasteiger partial charge >= 0.3 is 0 Å². The molecule has 1 heterocycles. The molecule has 1 amide bonds. The van der Waals surface area contributed by atoms with Crippen molar-refractivity contribution in [2.24, 2.45) is 5.92 Å². The van der Waals surface area contributed by atoms with Gasteiger partial charge in [0.15, 0.2) is 0 Å². The Morgan fingerprint density at radius 1 is 1.59 bits per heavy atom. The molecule has 1 aromatic rings. The van der Waals surface area contributed by atoms with E-state index < -0.39 is 5.82 Å². The van der Waals surface area contributed by atoms with E-state index >= 15 is 0 Å². The first-order valence-electron chi connectivity index (χ1n) is 5.47. The highest BCUT2D eigenvalue weighted by Crippen LogP contribution is 2.21. The van der Waals surface area contributed by atoms with Crippen LogP contribution in [0.15, 0.2) is 22.7 Å². The van der Waals surface area contributed by atoms with E-state index in [1.165, 1.54) is 12.1 Å². The maximum atomic E-state index is 13.6. The third-order valence-corrected chi connectivity index (χ3v) is 3.49. The molecule has 3 nitrogen and oxygen atoms in total. The molecule has 17 heavy (non-hydrogen) atoms. The lowest BCUT2D eigenvalue weighted by Crippen LogP contribution is -2.29. The number of likely N-dealkylation sites (tertiary alicyclic amines) is 1. The van der Waals surface area contributed by atoms with Gasteiger partial charge in [-0.15, -0.1) is 0 Å². The third-order valence-electron chi connectivity index (χ3n) is 2.99. The van der Waals surface area contributed by atoms with Gasteiger partial charge in [-0.25, -0.2) is 4.39 Å². The molecule has 1 aliphatic heterocycles. The van der Waals surface area contributed by atoms with Crippen LogP contribution in [0.2, 0.25) is 0 Å². The zero-order chi connectivity index (χ0) is 12.4. The van der Waals surface area contributed by atoms with Gasteiger partial charge in [0, 0.05) is 30.1 Å². The van der Waals surface area contributed by atoms with Gasteiger partial charge in [0.05, 0.1) is 5.56 Å². The van der Waals surface area contributed by atoms with Crippen molar-refractivity contribution in [2.75, 3.05) is 19.7 Å². The van der Waals surface area contributed by atoms with Crippen molar-refractivity contribution in [1.29, 1.82) is 0 Å². The van der Waals surface area contributed by atoms with Crippen molar-refractivity contribution in [1.82, 2.24) is 4.90 Å². The van der Waals surface area contributed by atoms with Crippen LogP contribution in [0.4, 0.5) is 4.39 Å². The highest BCUT2D eigenvalue weighted by molar-refractivity contribution is 9.10. The molecule has 0 aromatic heterocycles. The summed E-state index contributed by atoms with van der Waals surface area (Å²) in [7, 11) is 0. The lowest BCUT2D eigenvalue weighted by Gasteiger charge is -2.16. The SMILES string of the molecule is O=C(c1ccc(Br)cc1F)N1CCC(CO)C1. The van der Waals surface area contributed by atoms with Gasteiger partial charge in [0.2, 0.25) is 0 Å². The van der Waals surface area contributed by atoms with Crippen molar-refractivity contribution in [3.05, 3.63) is 34.1 Å². The average molecular weight is 302 g/mol. The summed E-state index contributed by atoms with van der Waals surface area (Å²) in [5, 5.41) is 9.01. The molecule has 1 aromatic carbocycles. The van der Waals surface area contributed by atoms with Crippen LogP contribution in [-0.4, -0.2) is 35.6 Å². The second kappa shape index (κ2) is 5.14. The number of benzene rings is 1. The molecule has 0 spiro atoms. The van der Waals surface area contributed by atoms with Crippen LogP contribution >= 0.6 is 15.9 Å². The van der Waals surface area contributed by atoms with E-state index in [0.29, 0.717) is 17.6 Å². The molecular weight excluding hydrogens is 289 g/mol. The topological polar surface area (TPSA) is 40.5 Å². The number of aliphatic hydroxyl groups excluding tert-OH is 1. The molecule has 1 N–H and O–H groups in total. The van der Waals surface area contributed by atoms with E-state index in [0.717, 1.165) is 6.42 Å². The number of nitrogens with zero attached hydrogens (tertiary/aromatic N) is 1. The molecule has 0 saturated carbocycles. The number of halogens is 2. The number of carbonyl (C=O) groups excluding carboxylic acids is 1. The summed E-state index contributed by atoms with van der Waals surface area (Å²) in [6.45, 7) is 1.16. The number of amides is 1. The van der Waals surface area contributed by atoms with Crippen LogP contribution < -0.4 is 0 Å². The van der Waals surface area contributed by atoms with Crippen molar-refractivity contribution in [3.8, 4) is 0 Å². The van der Waals surface area contributed by atoms with Crippen molar-refractivity contribution in [3.63, 3.8) is 0 Å². The van der Waals surface area contributed by atoms with Crippen LogP contribution in [-0.2, 0) is 0 Å². The minimum Gasteiger partial charge on any atom is -0.396 e. The molecular formula is C12H13BrFNO2. The lowest BCUT2D eigenvalue weighted by atomic mass is 10.1. The number of hydrogen-bond acceptors (Lipinski definition) is 2. The smallest absolute Gasteiger partial charge is 0.256 e. The fourth-order valence-electron chi connectivity index (χ4n) is 2.00. The largest absolute Gasteiger partial charge is 0.396 e. The Morgan fingerprint density at radius 2 is 2.35 bits per heavy atom. The number of aliphatic hydroxyl groups is 1. The fraction of sp³-hybridized carbons (Fsp3) is 0.417. The van der Waals surface area contributed by atoms with E-state index in [4.69, 9.17) is 5.11 Å². The molecule has 5 heteroatoms. The highest BCUT2D eigenvalue weighted by Gasteiger charge is 2.27. The van der Waals surface area contributed by atoms with Gasteiger partial charge in [0.25, 0.3) is 5.91 Å². The van der Waals surface area contributed by atoms with Gasteiger partial charge in [0.1, 0.15) is 5.82 Å². The van der Waals surface area contributed by atoms with Crippen molar-refractivity contribution < 1.29 is 14.3 Å². The third kappa shape index (κ3) is 2.66. The quantitative estimate of drug-likeness (QED) is 0.908. The van der Waals surface area contributed by atoms with Crippen LogP contribution in [0.1, 0.15) is 16.8 Å². The summed E-state index contributed by atoms with van der Waals surface area (Å²) in [5.74, 6) is -0.694. The molecule has 0 bridgehead atoms. The first kappa shape index (κ1) is 12.5. The van der Waals surface area contributed by atoms with E-state index in [2.05, 4.69) is 15.9 Å². The summed E-state index contributed by atoms with van der Waals surface area (Å²) in [5.41, 5.74) is 0.0896. The molecule has 92 valence electrons. The van der Waals surface area contributed by atoms with Crippen LogP contribution in [0.25, 0.3) is 0 Å². The molecule has 0 radical (unpaired) electrons. The minimum atomic E-state index is -0.517. The molecule has 1 saturated heterocycles. The number of carbonyl (C=O) groups is 1. The molecule has 0 aliphatic carbocycles. The van der Waals surface area contributed by atoms with Gasteiger partial charge in [-0.3, -0.25) is 4.79 Å². The van der Waals surface area contributed by atoms with Gasteiger partial charge in [-0.05, 0) is 24.6 Å². The second-order valence-corrected chi connectivity index (χ2v) is 5.13. The number of rotatable bonds is 2. The maximum absolute atomic E-state index is 13.6. The Bertz CT molecular complexity index is 439.